The molecule has 0 saturated heterocycles. The van der Waals surface area contributed by atoms with E-state index in [1.54, 1.807) is 73.7 Å². The van der Waals surface area contributed by atoms with E-state index in [0.29, 0.717) is 51.3 Å². The largest absolute Gasteiger partial charge is 0.425 e. The molecule has 1 heterocycles. The number of rotatable bonds is 18. The Balaban J connectivity index is 0.00000128. The molecule has 7 aromatic rings. The molecule has 27 nitrogen and oxygen atoms in total. The highest BCUT2D eigenvalue weighted by Crippen LogP contribution is 2.33. The Labute approximate surface area is 442 Å². The van der Waals surface area contributed by atoms with Gasteiger partial charge in [-0.1, -0.05) is 42.5 Å². The van der Waals surface area contributed by atoms with Crippen molar-refractivity contribution in [1.82, 2.24) is 15.0 Å². The molecule has 0 aliphatic rings. The van der Waals surface area contributed by atoms with E-state index < -0.39 is 62.2 Å². The van der Waals surface area contributed by atoms with Crippen molar-refractivity contribution in [3.63, 3.8) is 0 Å². The van der Waals surface area contributed by atoms with Crippen molar-refractivity contribution in [1.29, 1.82) is 0 Å². The second kappa shape index (κ2) is 27.3. The van der Waals surface area contributed by atoms with Crippen molar-refractivity contribution in [3.8, 4) is 0 Å². The fraction of sp³-hybridized carbons (Fsp3) is 0.133. The predicted molar refractivity (Wildman–Crippen MR) is 274 cm³/mol. The van der Waals surface area contributed by atoms with Gasteiger partial charge in [0.25, 0.3) is 30.4 Å². The van der Waals surface area contributed by atoms with Crippen LogP contribution < -0.4 is 5.32 Å². The predicted octanol–water partition coefficient (Wildman–Crippen LogP) is 9.12. The fourth-order valence-electron chi connectivity index (χ4n) is 6.31. The van der Waals surface area contributed by atoms with Crippen LogP contribution in [0.15, 0.2) is 184 Å². The molecule has 0 unspecified atom stereocenters. The molecule has 0 saturated carbocycles. The Bertz CT molecular complexity index is 3930. The Hall–Kier alpha value is -8.50. The normalized spacial score (nSPS) is 11.8. The van der Waals surface area contributed by atoms with Gasteiger partial charge in [-0.25, -0.2) is 4.98 Å². The van der Waals surface area contributed by atoms with E-state index in [9.17, 15) is 34.4 Å². The molecule has 7 rings (SSSR count). The Morgan fingerprint density at radius 1 is 0.455 bits per heavy atom. The van der Waals surface area contributed by atoms with Crippen LogP contribution in [0.1, 0.15) is 33.9 Å². The van der Waals surface area contributed by atoms with Crippen LogP contribution in [0.4, 0.5) is 51.4 Å². The van der Waals surface area contributed by atoms with Crippen LogP contribution in [0.2, 0.25) is 0 Å². The van der Waals surface area contributed by atoms with Gasteiger partial charge >= 0.3 is 21.2 Å². The third-order valence-corrected chi connectivity index (χ3v) is 12.2. The van der Waals surface area contributed by atoms with Crippen molar-refractivity contribution in [3.05, 3.63) is 167 Å². The van der Waals surface area contributed by atoms with Gasteiger partial charge < -0.3 is 5.32 Å². The summed E-state index contributed by atoms with van der Waals surface area (Å²) in [6, 6.07) is 35.8. The number of benzene rings is 6. The quantitative estimate of drug-likeness (QED) is 0.0459. The lowest BCUT2D eigenvalue weighted by atomic mass is 10.1. The van der Waals surface area contributed by atoms with Crippen molar-refractivity contribution in [2.24, 2.45) is 40.9 Å². The molecule has 77 heavy (non-hydrogen) atoms. The van der Waals surface area contributed by atoms with E-state index >= 15 is 0 Å². The zero-order valence-corrected chi connectivity index (χ0v) is 43.8. The van der Waals surface area contributed by atoms with Gasteiger partial charge in [-0.2, -0.15) is 71.0 Å². The first-order valence-corrected chi connectivity index (χ1v) is 27.9. The van der Waals surface area contributed by atoms with Gasteiger partial charge in [0.15, 0.2) is 0 Å². The zero-order chi connectivity index (χ0) is 56.3. The number of azo groups is 4. The monoisotopic (exact) mass is 1150 g/mol. The Kier molecular flexibility index (Phi) is 21.1. The average molecular weight is 1150 g/mol. The first-order valence-electron chi connectivity index (χ1n) is 21.5. The molecule has 6 aromatic carbocycles. The number of aromatic nitrogens is 3. The van der Waals surface area contributed by atoms with Gasteiger partial charge in [-0.3, -0.25) is 13.7 Å². The van der Waals surface area contributed by atoms with Gasteiger partial charge in [0.1, 0.15) is 22.2 Å². The van der Waals surface area contributed by atoms with Crippen molar-refractivity contribution in [2.45, 2.75) is 36.5 Å². The van der Waals surface area contributed by atoms with Gasteiger partial charge in [0, 0.05) is 19.4 Å². The molecule has 0 bridgehead atoms. The maximum Gasteiger partial charge on any atom is 0.425 e. The lowest BCUT2D eigenvalue weighted by Crippen LogP contribution is -2.17. The molecule has 0 aliphatic carbocycles. The second-order valence-electron chi connectivity index (χ2n) is 15.5. The summed E-state index contributed by atoms with van der Waals surface area (Å²) in [6.45, 7) is 3.50. The van der Waals surface area contributed by atoms with Crippen LogP contribution in [-0.4, -0.2) is 91.4 Å². The van der Waals surface area contributed by atoms with Gasteiger partial charge in [0.05, 0.1) is 50.5 Å². The van der Waals surface area contributed by atoms with Crippen LogP contribution in [0, 0.1) is 13.8 Å². The average Bonchev–Trinajstić information content (AvgIpc) is 3.34. The first kappa shape index (κ1) is 59.4. The molecule has 4 N–H and O–H groups in total. The maximum atomic E-state index is 12.3. The number of anilines is 1. The summed E-state index contributed by atoms with van der Waals surface area (Å²) in [5, 5.41) is 36.3. The van der Waals surface area contributed by atoms with E-state index in [4.69, 9.17) is 34.8 Å². The summed E-state index contributed by atoms with van der Waals surface area (Å²) in [5.41, 5.74) is 6.20. The van der Waals surface area contributed by atoms with Gasteiger partial charge in [-0.15, -0.1) is 30.4 Å². The summed E-state index contributed by atoms with van der Waals surface area (Å²) in [5.74, 6) is 0.262. The Morgan fingerprint density at radius 3 is 1.29 bits per heavy atom. The highest BCUT2D eigenvalue weighted by atomic mass is 32.2. The molecule has 0 atom stereocenters. The number of aryl methyl sites for hydroxylation is 2. The smallest absolute Gasteiger partial charge is 0.353 e. The van der Waals surface area contributed by atoms with E-state index in [-0.39, 0.29) is 41.6 Å². The minimum atomic E-state index is -4.71. The zero-order valence-electron chi connectivity index (χ0n) is 39.7. The van der Waals surface area contributed by atoms with Crippen molar-refractivity contribution < 1.29 is 64.2 Å². The molecule has 1 aromatic heterocycles. The van der Waals surface area contributed by atoms with Crippen molar-refractivity contribution in [2.75, 3.05) is 17.6 Å². The van der Waals surface area contributed by atoms with Crippen LogP contribution in [-0.2, 0) is 64.4 Å². The number of hydrogen-bond donors (Lipinski definition) is 4. The minimum Gasteiger partial charge on any atom is -0.353 e. The summed E-state index contributed by atoms with van der Waals surface area (Å²) < 4.78 is 149. The summed E-state index contributed by atoms with van der Waals surface area (Å²) in [7, 11) is -19.5. The topological polar surface area (TPSA) is 415 Å². The molecular weight excluding hydrogens is 1110 g/mol. The molecule has 400 valence electrons. The Morgan fingerprint density at radius 2 is 0.844 bits per heavy atom. The van der Waals surface area contributed by atoms with Crippen LogP contribution >= 0.6 is 0 Å². The first-order chi connectivity index (χ1) is 36.3. The number of nitrogens with zero attached hydrogens (tertiary/aromatic N) is 11. The summed E-state index contributed by atoms with van der Waals surface area (Å²) in [4.78, 5) is 13.0. The maximum absolute atomic E-state index is 12.3. The van der Waals surface area contributed by atoms with E-state index in [2.05, 4.69) is 56.2 Å². The van der Waals surface area contributed by atoms with Gasteiger partial charge in [0.2, 0.25) is 5.95 Å². The molecule has 0 amide bonds. The van der Waals surface area contributed by atoms with Crippen LogP contribution in [0.25, 0.3) is 0 Å². The van der Waals surface area contributed by atoms with Gasteiger partial charge in [-0.05, 0) is 127 Å². The second-order valence-corrected chi connectivity index (χ2v) is 20.7. The molecule has 0 spiro atoms. The number of nitrogens with one attached hydrogen (secondary N) is 1. The summed E-state index contributed by atoms with van der Waals surface area (Å²) in [6.07, 6.45) is 0.491. The highest BCUT2D eigenvalue weighted by Gasteiger charge is 2.18. The van der Waals surface area contributed by atoms with E-state index in [0.717, 1.165) is 22.8 Å². The summed E-state index contributed by atoms with van der Waals surface area (Å²) >= 11 is 0. The lowest BCUT2D eigenvalue weighted by Gasteiger charge is -2.10. The number of hydrogen-bond acceptors (Lipinski definition) is 24. The molecule has 0 aliphatic heterocycles. The van der Waals surface area contributed by atoms with Crippen LogP contribution in [0.5, 0.6) is 0 Å². The molecule has 0 fully saturated rings. The van der Waals surface area contributed by atoms with Crippen LogP contribution in [0.3, 0.4) is 0 Å². The molecular formula is C45H40N12O15S5. The van der Waals surface area contributed by atoms with E-state index in [1.165, 1.54) is 36.4 Å². The SMILES string of the molecule is Cc1cc(Cc2nc(Cc3ccc(N=Nc4ccc(N=Nc5ccccc5)cc4S(=O)(=O)O)c(C)c3)nc(NCCS(=O)(=O)O)n2)ccc1N=Nc1ccc(N=Nc2ccc(S(=O)(=O)O)cc2)cc1.O=S(=O)=O.O=S(=O)=O. The lowest BCUT2D eigenvalue weighted by molar-refractivity contribution is 0.481. The van der Waals surface area contributed by atoms with E-state index in [1.807, 2.05) is 31.2 Å². The highest BCUT2D eigenvalue weighted by molar-refractivity contribution is 7.86. The third-order valence-electron chi connectivity index (χ3n) is 9.68. The third kappa shape index (κ3) is 21.0. The molecule has 32 heteroatoms. The minimum absolute atomic E-state index is 0.104. The standard InChI is InChI=1S/C45H40N12O9S3.2O3S/c1-29-24-31(8-19-39(29)55-53-35-12-10-34(11-13-35)51-52-36-14-17-38(18-15-36)68(61,62)63)26-43-47-44(49-45(48-43)46-22-23-67(58,59)60)27-32-9-20-40(30(2)25-32)56-57-41-21-16-37(28-42(41)69(64,65)66)54-50-33-6-4-3-5-7-33;2*1-4(2)3/h3-21,24-25,28H,22-23,26-27H2,1-2H3,(H,58,59,60)(H,61,62,63)(H,64,65,66)(H,46,47,48,49);;. The van der Waals surface area contributed by atoms with Crippen molar-refractivity contribution >= 4 is 103 Å². The molecule has 0 radical (unpaired) electrons. The fourth-order valence-corrected chi connectivity index (χ4v) is 7.79.